The largest absolute Gasteiger partial charge is 0.359 e. The van der Waals surface area contributed by atoms with Crippen molar-refractivity contribution in [3.8, 4) is 11.3 Å². The van der Waals surface area contributed by atoms with Crippen molar-refractivity contribution in [3.05, 3.63) is 42.2 Å². The van der Waals surface area contributed by atoms with Crippen LogP contribution in [0, 0.1) is 5.41 Å². The molecule has 1 aromatic carbocycles. The van der Waals surface area contributed by atoms with Gasteiger partial charge in [0.2, 0.25) is 0 Å². The Bertz CT molecular complexity index is 1000. The quantitative estimate of drug-likeness (QED) is 0.693. The molecule has 1 saturated heterocycles. The molecule has 3 aromatic rings. The standard InChI is InChI=1S/C20H20F2N4O/c1-19(2,12-27)7-14-8-23-18-17(14)25-16(9-24-18)13-4-3-5-15(6-13)26-10-20(21,22)11-26/h3-6,8-9,12H,7,10-11H2,1-2H3,(H,23,24). The first-order chi connectivity index (χ1) is 12.8. The molecule has 1 N–H and O–H groups in total. The lowest BCUT2D eigenvalue weighted by molar-refractivity contribution is -0.114. The normalized spacial score (nSPS) is 16.4. The number of nitrogens with one attached hydrogen (secondary N) is 1. The number of nitrogens with zero attached hydrogens (tertiary/aromatic N) is 3. The van der Waals surface area contributed by atoms with Crippen molar-refractivity contribution in [1.82, 2.24) is 15.0 Å². The Labute approximate surface area is 155 Å². The van der Waals surface area contributed by atoms with Crippen LogP contribution < -0.4 is 4.90 Å². The highest BCUT2D eigenvalue weighted by Gasteiger charge is 2.43. The van der Waals surface area contributed by atoms with E-state index >= 15 is 0 Å². The molecule has 0 bridgehead atoms. The Hall–Kier alpha value is -2.83. The third kappa shape index (κ3) is 3.41. The Morgan fingerprint density at radius 2 is 2.11 bits per heavy atom. The zero-order chi connectivity index (χ0) is 19.2. The molecule has 1 aliphatic heterocycles. The molecule has 0 atom stereocenters. The number of aldehydes is 1. The predicted molar refractivity (Wildman–Crippen MR) is 100 cm³/mol. The van der Waals surface area contributed by atoms with Gasteiger partial charge < -0.3 is 14.7 Å². The van der Waals surface area contributed by atoms with E-state index in [9.17, 15) is 13.6 Å². The van der Waals surface area contributed by atoms with Gasteiger partial charge in [0.05, 0.1) is 25.0 Å². The van der Waals surface area contributed by atoms with E-state index in [1.807, 2.05) is 44.3 Å². The van der Waals surface area contributed by atoms with Gasteiger partial charge in [-0.05, 0) is 24.1 Å². The number of hydrogen-bond donors (Lipinski definition) is 1. The monoisotopic (exact) mass is 370 g/mol. The molecule has 4 rings (SSSR count). The van der Waals surface area contributed by atoms with Gasteiger partial charge >= 0.3 is 0 Å². The van der Waals surface area contributed by atoms with Gasteiger partial charge in [-0.15, -0.1) is 0 Å². The Kier molecular flexibility index (Phi) is 3.98. The zero-order valence-electron chi connectivity index (χ0n) is 15.2. The number of carbonyl (C=O) groups excluding carboxylic acids is 1. The summed E-state index contributed by atoms with van der Waals surface area (Å²) in [6.07, 6.45) is 4.99. The maximum atomic E-state index is 13.2. The fraction of sp³-hybridized carbons (Fsp3) is 0.350. The summed E-state index contributed by atoms with van der Waals surface area (Å²) < 4.78 is 26.3. The van der Waals surface area contributed by atoms with Crippen LogP contribution in [-0.4, -0.2) is 40.3 Å². The SMILES string of the molecule is CC(C)(C=O)Cc1c[nH]c2ncc(-c3cccc(N4CC(F)(F)C4)c3)nc12. The first-order valence-corrected chi connectivity index (χ1v) is 8.79. The fourth-order valence-electron chi connectivity index (χ4n) is 3.31. The van der Waals surface area contributed by atoms with Crippen LogP contribution in [0.25, 0.3) is 22.4 Å². The summed E-state index contributed by atoms with van der Waals surface area (Å²) in [4.78, 5) is 25.1. The summed E-state index contributed by atoms with van der Waals surface area (Å²) in [5.74, 6) is -2.61. The Morgan fingerprint density at radius 3 is 2.81 bits per heavy atom. The summed E-state index contributed by atoms with van der Waals surface area (Å²) >= 11 is 0. The minimum absolute atomic E-state index is 0.260. The van der Waals surface area contributed by atoms with Gasteiger partial charge in [0.1, 0.15) is 11.8 Å². The highest BCUT2D eigenvalue weighted by molar-refractivity contribution is 5.79. The average Bonchev–Trinajstić information content (AvgIpc) is 3.01. The number of hydrogen-bond acceptors (Lipinski definition) is 4. The molecule has 1 aliphatic rings. The molecule has 2 aromatic heterocycles. The van der Waals surface area contributed by atoms with Gasteiger partial charge in [-0.3, -0.25) is 0 Å². The molecule has 1 fully saturated rings. The van der Waals surface area contributed by atoms with Crippen molar-refractivity contribution in [3.63, 3.8) is 0 Å². The number of rotatable bonds is 5. The minimum atomic E-state index is -2.61. The minimum Gasteiger partial charge on any atom is -0.359 e. The van der Waals surface area contributed by atoms with Crippen molar-refractivity contribution in [2.75, 3.05) is 18.0 Å². The summed E-state index contributed by atoms with van der Waals surface area (Å²) in [5, 5.41) is 0. The van der Waals surface area contributed by atoms with Gasteiger partial charge in [0.25, 0.3) is 5.92 Å². The number of aromatic nitrogens is 3. The number of H-pyrrole nitrogens is 1. The van der Waals surface area contributed by atoms with Crippen molar-refractivity contribution in [2.24, 2.45) is 5.41 Å². The number of halogens is 2. The first-order valence-electron chi connectivity index (χ1n) is 8.79. The molecular weight excluding hydrogens is 350 g/mol. The van der Waals surface area contributed by atoms with E-state index in [0.29, 0.717) is 17.8 Å². The van der Waals surface area contributed by atoms with E-state index < -0.39 is 11.3 Å². The second-order valence-electron chi connectivity index (χ2n) is 7.81. The Morgan fingerprint density at radius 1 is 1.33 bits per heavy atom. The topological polar surface area (TPSA) is 61.9 Å². The van der Waals surface area contributed by atoms with E-state index in [0.717, 1.165) is 28.6 Å². The third-order valence-electron chi connectivity index (χ3n) is 4.78. The van der Waals surface area contributed by atoms with Crippen molar-refractivity contribution >= 4 is 23.1 Å². The number of benzene rings is 1. The number of aromatic amines is 1. The van der Waals surface area contributed by atoms with E-state index in [1.165, 1.54) is 0 Å². The summed E-state index contributed by atoms with van der Waals surface area (Å²) in [6.45, 7) is 3.23. The first kappa shape index (κ1) is 17.6. The van der Waals surface area contributed by atoms with E-state index in [4.69, 9.17) is 4.98 Å². The molecule has 0 spiro atoms. The number of carbonyl (C=O) groups is 1. The van der Waals surface area contributed by atoms with Gasteiger partial charge in [-0.1, -0.05) is 26.0 Å². The number of anilines is 1. The predicted octanol–water partition coefficient (Wildman–Crippen LogP) is 3.85. The lowest BCUT2D eigenvalue weighted by Crippen LogP contribution is -2.56. The highest BCUT2D eigenvalue weighted by atomic mass is 19.3. The lowest BCUT2D eigenvalue weighted by Gasteiger charge is -2.40. The highest BCUT2D eigenvalue weighted by Crippen LogP contribution is 2.34. The van der Waals surface area contributed by atoms with Crippen molar-refractivity contribution in [1.29, 1.82) is 0 Å². The van der Waals surface area contributed by atoms with Gasteiger partial charge in [0, 0.05) is 22.9 Å². The van der Waals surface area contributed by atoms with Crippen LogP contribution in [0.15, 0.2) is 36.7 Å². The molecule has 3 heterocycles. The second-order valence-corrected chi connectivity index (χ2v) is 7.81. The molecule has 0 saturated carbocycles. The number of fused-ring (bicyclic) bond motifs is 1. The van der Waals surface area contributed by atoms with Crippen LogP contribution in [0.3, 0.4) is 0 Å². The van der Waals surface area contributed by atoms with E-state index in [1.54, 1.807) is 11.1 Å². The van der Waals surface area contributed by atoms with Crippen LogP contribution in [0.2, 0.25) is 0 Å². The van der Waals surface area contributed by atoms with Gasteiger partial charge in [-0.25, -0.2) is 18.7 Å². The maximum absolute atomic E-state index is 13.2. The van der Waals surface area contributed by atoms with Crippen LogP contribution in [0.4, 0.5) is 14.5 Å². The van der Waals surface area contributed by atoms with Gasteiger partial charge in [0.15, 0.2) is 5.65 Å². The maximum Gasteiger partial charge on any atom is 0.282 e. The number of alkyl halides is 2. The molecule has 0 amide bonds. The van der Waals surface area contributed by atoms with Gasteiger partial charge in [-0.2, -0.15) is 0 Å². The van der Waals surface area contributed by atoms with E-state index in [2.05, 4.69) is 9.97 Å². The molecular formula is C20H20F2N4O. The molecule has 0 radical (unpaired) electrons. The second kappa shape index (κ2) is 6.11. The van der Waals surface area contributed by atoms with Crippen LogP contribution in [0.5, 0.6) is 0 Å². The zero-order valence-corrected chi connectivity index (χ0v) is 15.2. The third-order valence-corrected chi connectivity index (χ3v) is 4.78. The summed E-state index contributed by atoms with van der Waals surface area (Å²) in [7, 11) is 0. The Balaban J connectivity index is 1.67. The molecule has 7 heteroatoms. The summed E-state index contributed by atoms with van der Waals surface area (Å²) in [6, 6.07) is 7.39. The molecule has 140 valence electrons. The molecule has 0 aliphatic carbocycles. The molecule has 5 nitrogen and oxygen atoms in total. The van der Waals surface area contributed by atoms with Crippen molar-refractivity contribution in [2.45, 2.75) is 26.2 Å². The fourth-order valence-corrected chi connectivity index (χ4v) is 3.31. The van der Waals surface area contributed by atoms with E-state index in [-0.39, 0.29) is 13.1 Å². The average molecular weight is 370 g/mol. The van der Waals surface area contributed by atoms with Crippen LogP contribution in [0.1, 0.15) is 19.4 Å². The van der Waals surface area contributed by atoms with Crippen molar-refractivity contribution < 1.29 is 13.6 Å². The molecule has 27 heavy (non-hydrogen) atoms. The van der Waals surface area contributed by atoms with Crippen LogP contribution >= 0.6 is 0 Å². The smallest absolute Gasteiger partial charge is 0.282 e. The van der Waals surface area contributed by atoms with Crippen LogP contribution in [-0.2, 0) is 11.2 Å². The summed E-state index contributed by atoms with van der Waals surface area (Å²) in [5.41, 5.74) is 4.06. The lowest BCUT2D eigenvalue weighted by atomic mass is 9.88. The molecule has 0 unspecified atom stereocenters.